The third-order valence-corrected chi connectivity index (χ3v) is 7.76. The summed E-state index contributed by atoms with van der Waals surface area (Å²) < 4.78 is 28.2. The molecule has 3 aromatic rings. The van der Waals surface area contributed by atoms with E-state index in [1.165, 1.54) is 4.31 Å². The van der Waals surface area contributed by atoms with Gasteiger partial charge in [-0.15, -0.1) is 11.8 Å². The monoisotopic (exact) mass is 468 g/mol. The van der Waals surface area contributed by atoms with Crippen LogP contribution >= 0.6 is 11.8 Å². The van der Waals surface area contributed by atoms with E-state index in [-0.39, 0.29) is 17.3 Å². The van der Waals surface area contributed by atoms with Gasteiger partial charge in [0, 0.05) is 17.2 Å². The van der Waals surface area contributed by atoms with Crippen LogP contribution in [0.1, 0.15) is 18.1 Å². The van der Waals surface area contributed by atoms with Gasteiger partial charge in [0.2, 0.25) is 5.91 Å². The van der Waals surface area contributed by atoms with Crippen molar-refractivity contribution >= 4 is 33.4 Å². The van der Waals surface area contributed by atoms with Crippen LogP contribution in [0.4, 0.5) is 5.69 Å². The van der Waals surface area contributed by atoms with Crippen LogP contribution in [0, 0.1) is 6.92 Å². The molecule has 0 aliphatic rings. The molecule has 0 aliphatic carbocycles. The first-order valence-electron chi connectivity index (χ1n) is 10.5. The Morgan fingerprint density at radius 2 is 1.59 bits per heavy atom. The van der Waals surface area contributed by atoms with Crippen molar-refractivity contribution in [1.82, 2.24) is 5.32 Å². The van der Waals surface area contributed by atoms with Crippen LogP contribution in [-0.2, 0) is 21.2 Å². The number of thioether (sulfide) groups is 1. The fraction of sp³-hybridized carbons (Fsp3) is 0.240. The van der Waals surface area contributed by atoms with Gasteiger partial charge in [-0.3, -0.25) is 9.10 Å². The maximum Gasteiger partial charge on any atom is 0.264 e. The van der Waals surface area contributed by atoms with E-state index in [9.17, 15) is 13.2 Å². The van der Waals surface area contributed by atoms with Crippen LogP contribution in [0.25, 0.3) is 0 Å². The molecule has 3 rings (SSSR count). The number of sulfonamides is 1. The summed E-state index contributed by atoms with van der Waals surface area (Å²) in [6.45, 7) is 4.05. The van der Waals surface area contributed by atoms with Crippen molar-refractivity contribution in [2.75, 3.05) is 23.1 Å². The Morgan fingerprint density at radius 3 is 2.28 bits per heavy atom. The molecule has 0 saturated carbocycles. The van der Waals surface area contributed by atoms with E-state index in [0.29, 0.717) is 24.4 Å². The maximum absolute atomic E-state index is 13.5. The second-order valence-corrected chi connectivity index (χ2v) is 10.3. The Morgan fingerprint density at radius 1 is 0.938 bits per heavy atom. The summed E-state index contributed by atoms with van der Waals surface area (Å²) in [4.78, 5) is 14.0. The summed E-state index contributed by atoms with van der Waals surface area (Å²) in [5.74, 6) is 0.367. The zero-order chi connectivity index (χ0) is 23.0. The zero-order valence-electron chi connectivity index (χ0n) is 18.3. The minimum atomic E-state index is -3.90. The molecule has 0 atom stereocenters. The van der Waals surface area contributed by atoms with Gasteiger partial charge in [0.05, 0.1) is 10.6 Å². The number of hydrogen-bond donors (Lipinski definition) is 1. The smallest absolute Gasteiger partial charge is 0.264 e. The Balaban J connectivity index is 1.77. The number of benzene rings is 3. The highest BCUT2D eigenvalue weighted by Crippen LogP contribution is 2.27. The van der Waals surface area contributed by atoms with Crippen molar-refractivity contribution in [3.8, 4) is 0 Å². The molecule has 0 bridgehead atoms. The lowest BCUT2D eigenvalue weighted by Gasteiger charge is -2.26. The summed E-state index contributed by atoms with van der Waals surface area (Å²) in [6, 6.07) is 23.9. The number of para-hydroxylation sites is 1. The summed E-state index contributed by atoms with van der Waals surface area (Å²) in [5.41, 5.74) is 2.37. The molecule has 0 heterocycles. The second kappa shape index (κ2) is 11.2. The van der Waals surface area contributed by atoms with E-state index in [1.807, 2.05) is 56.3 Å². The predicted octanol–water partition coefficient (Wildman–Crippen LogP) is 4.66. The largest absolute Gasteiger partial charge is 0.354 e. The summed E-state index contributed by atoms with van der Waals surface area (Å²) in [7, 11) is -3.90. The third-order valence-electron chi connectivity index (χ3n) is 4.97. The number of nitrogens with zero attached hydrogens (tertiary/aromatic N) is 1. The summed E-state index contributed by atoms with van der Waals surface area (Å²) >= 11 is 1.64. The highest BCUT2D eigenvalue weighted by atomic mass is 32.2. The highest BCUT2D eigenvalue weighted by molar-refractivity contribution is 7.99. The quantitative estimate of drug-likeness (QED) is 0.347. The molecule has 0 unspecified atom stereocenters. The Bertz CT molecular complexity index is 1130. The predicted molar refractivity (Wildman–Crippen MR) is 132 cm³/mol. The van der Waals surface area contributed by atoms with Crippen LogP contribution in [0.2, 0.25) is 0 Å². The number of carbonyl (C=O) groups excluding carboxylic acids is 1. The van der Waals surface area contributed by atoms with Crippen LogP contribution in [-0.4, -0.2) is 33.2 Å². The van der Waals surface area contributed by atoms with E-state index in [2.05, 4.69) is 5.32 Å². The molecule has 3 aromatic carbocycles. The van der Waals surface area contributed by atoms with Crippen molar-refractivity contribution < 1.29 is 13.2 Å². The lowest BCUT2D eigenvalue weighted by Crippen LogP contribution is -2.41. The van der Waals surface area contributed by atoms with Gasteiger partial charge in [-0.2, -0.15) is 0 Å². The SMILES string of the molecule is CCc1ccccc1N(CC(=O)NCCSc1ccccc1)S(=O)(=O)c1ccc(C)cc1. The van der Waals surface area contributed by atoms with Crippen molar-refractivity contribution in [3.05, 3.63) is 90.0 Å². The topological polar surface area (TPSA) is 66.5 Å². The Hall–Kier alpha value is -2.77. The molecule has 0 aromatic heterocycles. The highest BCUT2D eigenvalue weighted by Gasteiger charge is 2.28. The normalized spacial score (nSPS) is 11.2. The number of hydrogen-bond acceptors (Lipinski definition) is 4. The van der Waals surface area contributed by atoms with Crippen molar-refractivity contribution in [3.63, 3.8) is 0 Å². The molecule has 0 aliphatic heterocycles. The van der Waals surface area contributed by atoms with Crippen molar-refractivity contribution in [2.45, 2.75) is 30.1 Å². The van der Waals surface area contributed by atoms with E-state index in [1.54, 1.807) is 48.2 Å². The van der Waals surface area contributed by atoms with Crippen LogP contribution < -0.4 is 9.62 Å². The van der Waals surface area contributed by atoms with Gasteiger partial charge < -0.3 is 5.32 Å². The van der Waals surface area contributed by atoms with Crippen LogP contribution in [0.5, 0.6) is 0 Å². The first-order valence-corrected chi connectivity index (χ1v) is 13.0. The average Bonchev–Trinajstić information content (AvgIpc) is 2.81. The number of anilines is 1. The standard InChI is InChI=1S/C25H28N2O3S2/c1-3-21-9-7-8-12-24(21)27(32(29,30)23-15-13-20(2)14-16-23)19-25(28)26-17-18-31-22-10-5-4-6-11-22/h4-16H,3,17-19H2,1-2H3,(H,26,28). The van der Waals surface area contributed by atoms with Gasteiger partial charge in [0.25, 0.3) is 10.0 Å². The lowest BCUT2D eigenvalue weighted by molar-refractivity contribution is -0.119. The summed E-state index contributed by atoms with van der Waals surface area (Å²) in [6.07, 6.45) is 0.658. The van der Waals surface area contributed by atoms with E-state index in [4.69, 9.17) is 0 Å². The molecule has 0 saturated heterocycles. The maximum atomic E-state index is 13.5. The van der Waals surface area contributed by atoms with Crippen molar-refractivity contribution in [1.29, 1.82) is 0 Å². The zero-order valence-corrected chi connectivity index (χ0v) is 20.0. The fourth-order valence-electron chi connectivity index (χ4n) is 3.25. The molecule has 168 valence electrons. The number of amides is 1. The number of aryl methyl sites for hydroxylation is 2. The van der Waals surface area contributed by atoms with Gasteiger partial charge >= 0.3 is 0 Å². The van der Waals surface area contributed by atoms with Crippen molar-refractivity contribution in [2.24, 2.45) is 0 Å². The fourth-order valence-corrected chi connectivity index (χ4v) is 5.50. The molecule has 5 nitrogen and oxygen atoms in total. The molecule has 1 N–H and O–H groups in total. The minimum Gasteiger partial charge on any atom is -0.354 e. The first-order chi connectivity index (χ1) is 15.4. The number of rotatable bonds is 10. The van der Waals surface area contributed by atoms with Crippen LogP contribution in [0.3, 0.4) is 0 Å². The first kappa shape index (κ1) is 23.9. The van der Waals surface area contributed by atoms with Gasteiger partial charge in [-0.05, 0) is 49.2 Å². The van der Waals surface area contributed by atoms with Gasteiger partial charge in [-0.25, -0.2) is 8.42 Å². The molecule has 1 amide bonds. The molecular formula is C25H28N2O3S2. The molecule has 0 radical (unpaired) electrons. The Labute approximate surface area is 194 Å². The Kier molecular flexibility index (Phi) is 8.36. The lowest BCUT2D eigenvalue weighted by atomic mass is 10.1. The molecule has 0 fully saturated rings. The van der Waals surface area contributed by atoms with Gasteiger partial charge in [0.15, 0.2) is 0 Å². The minimum absolute atomic E-state index is 0.168. The molecule has 7 heteroatoms. The van der Waals surface area contributed by atoms with E-state index in [0.717, 1.165) is 16.0 Å². The second-order valence-electron chi connectivity index (χ2n) is 7.32. The number of nitrogens with one attached hydrogen (secondary N) is 1. The summed E-state index contributed by atoms with van der Waals surface area (Å²) in [5, 5.41) is 2.86. The van der Waals surface area contributed by atoms with Gasteiger partial charge in [0.1, 0.15) is 6.54 Å². The molecule has 0 spiro atoms. The van der Waals surface area contributed by atoms with Crippen LogP contribution in [0.15, 0.2) is 88.7 Å². The van der Waals surface area contributed by atoms with E-state index < -0.39 is 10.0 Å². The van der Waals surface area contributed by atoms with E-state index >= 15 is 0 Å². The molecule has 32 heavy (non-hydrogen) atoms. The van der Waals surface area contributed by atoms with Gasteiger partial charge in [-0.1, -0.05) is 61.0 Å². The average molecular weight is 469 g/mol. The number of carbonyl (C=O) groups is 1. The third kappa shape index (κ3) is 6.14. The molecular weight excluding hydrogens is 440 g/mol.